The molecule has 1 N–H and O–H groups in total. The van der Waals surface area contributed by atoms with Crippen LogP contribution in [-0.2, 0) is 4.74 Å². The van der Waals surface area contributed by atoms with E-state index in [-0.39, 0.29) is 12.4 Å². The number of aryl methyl sites for hydroxylation is 1. The lowest BCUT2D eigenvalue weighted by Gasteiger charge is -2.14. The first-order chi connectivity index (χ1) is 10.1. The van der Waals surface area contributed by atoms with Gasteiger partial charge < -0.3 is 4.74 Å². The van der Waals surface area contributed by atoms with Crippen LogP contribution in [0.1, 0.15) is 11.1 Å². The molecule has 1 aromatic carbocycles. The van der Waals surface area contributed by atoms with Gasteiger partial charge in [0.1, 0.15) is 18.1 Å². The van der Waals surface area contributed by atoms with E-state index in [1.54, 1.807) is 30.6 Å². The van der Waals surface area contributed by atoms with E-state index in [0.717, 1.165) is 11.1 Å². The van der Waals surface area contributed by atoms with E-state index in [1.807, 2.05) is 6.92 Å². The molecule has 0 saturated heterocycles. The first-order valence-electron chi connectivity index (χ1n) is 6.35. The number of nitrogens with one attached hydrogen (secondary N) is 1. The number of nitrogens with zero attached hydrogens (tertiary/aromatic N) is 2. The maximum absolute atomic E-state index is 14.3. The smallest absolute Gasteiger partial charge is 0.428 e. The van der Waals surface area contributed by atoms with Gasteiger partial charge in [0.25, 0.3) is 0 Å². The Bertz CT molecular complexity index is 743. The van der Waals surface area contributed by atoms with Crippen LogP contribution in [0.2, 0.25) is 0 Å². The molecule has 0 fully saturated rings. The Balaban J connectivity index is 1.97. The van der Waals surface area contributed by atoms with Crippen LogP contribution in [0.3, 0.4) is 0 Å². The average Bonchev–Trinajstić information content (AvgIpc) is 2.49. The van der Waals surface area contributed by atoms with Crippen LogP contribution in [0.25, 0.3) is 11.1 Å². The largest absolute Gasteiger partial charge is 0.442 e. The summed E-state index contributed by atoms with van der Waals surface area (Å²) in [6.45, 7) is 1.91. The lowest BCUT2D eigenvalue weighted by molar-refractivity contribution is 0.157. The van der Waals surface area contributed by atoms with Gasteiger partial charge in [-0.1, -0.05) is 12.1 Å². The third-order valence-electron chi connectivity index (χ3n) is 3.23. The van der Waals surface area contributed by atoms with E-state index in [9.17, 15) is 9.18 Å². The summed E-state index contributed by atoms with van der Waals surface area (Å²) in [6, 6.07) is 6.59. The number of hydrazone groups is 1. The lowest BCUT2D eigenvalue weighted by atomic mass is 9.99. The Labute approximate surface area is 120 Å². The van der Waals surface area contributed by atoms with E-state index >= 15 is 0 Å². The monoisotopic (exact) mass is 285 g/mol. The fourth-order valence-electron chi connectivity index (χ4n) is 2.15. The van der Waals surface area contributed by atoms with Crippen molar-refractivity contribution < 1.29 is 13.9 Å². The van der Waals surface area contributed by atoms with Gasteiger partial charge in [-0.25, -0.2) is 14.6 Å². The van der Waals surface area contributed by atoms with Crippen molar-refractivity contribution in [2.75, 3.05) is 6.61 Å². The molecule has 0 saturated carbocycles. The number of carbonyl (C=O) groups is 1. The Morgan fingerprint density at radius 3 is 2.81 bits per heavy atom. The maximum Gasteiger partial charge on any atom is 0.428 e. The van der Waals surface area contributed by atoms with Crippen LogP contribution < -0.4 is 5.43 Å². The second-order valence-electron chi connectivity index (χ2n) is 4.63. The highest BCUT2D eigenvalue weighted by molar-refractivity contribution is 6.03. The van der Waals surface area contributed by atoms with Gasteiger partial charge in [-0.3, -0.25) is 4.98 Å². The summed E-state index contributed by atoms with van der Waals surface area (Å²) >= 11 is 0. The normalized spacial score (nSPS) is 14.2. The van der Waals surface area contributed by atoms with Crippen molar-refractivity contribution in [2.24, 2.45) is 5.10 Å². The second kappa shape index (κ2) is 5.32. The number of amides is 1. The molecule has 6 heteroatoms. The Morgan fingerprint density at radius 1 is 1.29 bits per heavy atom. The molecule has 0 aliphatic carbocycles. The highest BCUT2D eigenvalue weighted by Crippen LogP contribution is 2.26. The summed E-state index contributed by atoms with van der Waals surface area (Å²) in [4.78, 5) is 14.9. The van der Waals surface area contributed by atoms with E-state index in [4.69, 9.17) is 4.74 Å². The van der Waals surface area contributed by atoms with Gasteiger partial charge in [0.15, 0.2) is 0 Å². The van der Waals surface area contributed by atoms with Crippen LogP contribution >= 0.6 is 0 Å². The summed E-state index contributed by atoms with van der Waals surface area (Å²) in [5.41, 5.74) is 5.45. The molecule has 1 amide bonds. The van der Waals surface area contributed by atoms with Crippen LogP contribution in [0.5, 0.6) is 0 Å². The van der Waals surface area contributed by atoms with Crippen molar-refractivity contribution in [3.8, 4) is 11.1 Å². The molecule has 2 aromatic rings. The van der Waals surface area contributed by atoms with Crippen LogP contribution in [0.4, 0.5) is 9.18 Å². The molecule has 1 aliphatic heterocycles. The quantitative estimate of drug-likeness (QED) is 0.922. The van der Waals surface area contributed by atoms with Gasteiger partial charge in [-0.15, -0.1) is 0 Å². The zero-order valence-corrected chi connectivity index (χ0v) is 11.3. The average molecular weight is 285 g/mol. The highest BCUT2D eigenvalue weighted by Gasteiger charge is 2.16. The third kappa shape index (κ3) is 2.60. The van der Waals surface area contributed by atoms with Crippen LogP contribution in [0, 0.1) is 12.7 Å². The Morgan fingerprint density at radius 2 is 2.14 bits per heavy atom. The predicted octanol–water partition coefficient (Wildman–Crippen LogP) is 2.64. The number of hydrogen-bond donors (Lipinski definition) is 1. The molecule has 106 valence electrons. The first kappa shape index (κ1) is 13.2. The summed E-state index contributed by atoms with van der Waals surface area (Å²) in [7, 11) is 0. The number of hydrogen-bond acceptors (Lipinski definition) is 4. The molecule has 2 heterocycles. The van der Waals surface area contributed by atoms with Gasteiger partial charge in [-0.05, 0) is 30.2 Å². The highest BCUT2D eigenvalue weighted by atomic mass is 19.1. The fourth-order valence-corrected chi connectivity index (χ4v) is 2.15. The lowest BCUT2D eigenvalue weighted by Crippen LogP contribution is -2.30. The van der Waals surface area contributed by atoms with Crippen molar-refractivity contribution in [1.29, 1.82) is 0 Å². The zero-order valence-electron chi connectivity index (χ0n) is 11.3. The molecule has 0 unspecified atom stereocenters. The molecule has 5 nitrogen and oxygen atoms in total. The van der Waals surface area contributed by atoms with Gasteiger partial charge in [0.05, 0.1) is 0 Å². The number of ether oxygens (including phenoxy) is 1. The number of halogens is 1. The standard InChI is InChI=1S/C15H12FN3O2/c1-9-7-17-5-4-11(9)12-3-2-10(6-13(12)16)14-8-21-15(20)19-18-14/h2-7H,8H2,1H3,(H,19,20). The first-order valence-corrected chi connectivity index (χ1v) is 6.35. The Kier molecular flexibility index (Phi) is 3.35. The zero-order chi connectivity index (χ0) is 14.8. The summed E-state index contributed by atoms with van der Waals surface area (Å²) in [5, 5.41) is 3.86. The molecule has 21 heavy (non-hydrogen) atoms. The Hall–Kier alpha value is -2.76. The molecule has 0 radical (unpaired) electrons. The van der Waals surface area contributed by atoms with Crippen molar-refractivity contribution in [3.05, 3.63) is 53.6 Å². The van der Waals surface area contributed by atoms with Crippen molar-refractivity contribution >= 4 is 11.8 Å². The molecule has 0 spiro atoms. The molecule has 1 aliphatic rings. The number of rotatable bonds is 2. The van der Waals surface area contributed by atoms with Crippen molar-refractivity contribution in [3.63, 3.8) is 0 Å². The van der Waals surface area contributed by atoms with Crippen molar-refractivity contribution in [1.82, 2.24) is 10.4 Å². The van der Waals surface area contributed by atoms with Gasteiger partial charge in [0, 0.05) is 23.5 Å². The maximum atomic E-state index is 14.3. The van der Waals surface area contributed by atoms with Crippen molar-refractivity contribution in [2.45, 2.75) is 6.92 Å². The molecule has 0 atom stereocenters. The fraction of sp³-hybridized carbons (Fsp3) is 0.133. The number of cyclic esters (lactones) is 1. The van der Waals surface area contributed by atoms with E-state index in [0.29, 0.717) is 16.8 Å². The van der Waals surface area contributed by atoms with Gasteiger partial charge >= 0.3 is 6.09 Å². The SMILES string of the molecule is Cc1cnccc1-c1ccc(C2=NNC(=O)OC2)cc1F. The number of pyridine rings is 1. The second-order valence-corrected chi connectivity index (χ2v) is 4.63. The molecular formula is C15H12FN3O2. The van der Waals surface area contributed by atoms with E-state index < -0.39 is 6.09 Å². The van der Waals surface area contributed by atoms with Crippen LogP contribution in [0.15, 0.2) is 41.8 Å². The molecular weight excluding hydrogens is 273 g/mol. The van der Waals surface area contributed by atoms with E-state index in [2.05, 4.69) is 15.5 Å². The van der Waals surface area contributed by atoms with Gasteiger partial charge in [0.2, 0.25) is 0 Å². The summed E-state index contributed by atoms with van der Waals surface area (Å²) in [5.74, 6) is -0.360. The minimum atomic E-state index is -0.608. The van der Waals surface area contributed by atoms with Crippen LogP contribution in [-0.4, -0.2) is 23.4 Å². The molecule has 0 bridgehead atoms. The topological polar surface area (TPSA) is 63.6 Å². The summed E-state index contributed by atoms with van der Waals surface area (Å²) in [6.07, 6.45) is 2.71. The molecule has 3 rings (SSSR count). The van der Waals surface area contributed by atoms with E-state index in [1.165, 1.54) is 6.07 Å². The predicted molar refractivity (Wildman–Crippen MR) is 75.4 cm³/mol. The number of aromatic nitrogens is 1. The number of benzene rings is 1. The minimum absolute atomic E-state index is 0.0267. The minimum Gasteiger partial charge on any atom is -0.442 e. The van der Waals surface area contributed by atoms with Gasteiger partial charge in [-0.2, -0.15) is 5.10 Å². The number of carbonyl (C=O) groups excluding carboxylic acids is 1. The third-order valence-corrected chi connectivity index (χ3v) is 3.23. The summed E-state index contributed by atoms with van der Waals surface area (Å²) < 4.78 is 19.2. The molecule has 1 aromatic heterocycles.